The van der Waals surface area contributed by atoms with E-state index in [1.165, 1.54) is 36.5 Å². The van der Waals surface area contributed by atoms with Gasteiger partial charge in [0.05, 0.1) is 4.70 Å². The molecule has 0 aliphatic carbocycles. The normalized spacial score (nSPS) is 12.5. The summed E-state index contributed by atoms with van der Waals surface area (Å²) in [4.78, 5) is 4.28. The highest BCUT2D eigenvalue weighted by molar-refractivity contribution is 7.26. The van der Waals surface area contributed by atoms with E-state index in [9.17, 15) is 0 Å². The van der Waals surface area contributed by atoms with E-state index in [0.29, 0.717) is 0 Å². The monoisotopic (exact) mass is 325 g/mol. The molecule has 0 radical (unpaired) electrons. The summed E-state index contributed by atoms with van der Waals surface area (Å²) in [5, 5.41) is 5.05. The minimum atomic E-state index is 0.929. The zero-order chi connectivity index (χ0) is 15.7. The van der Waals surface area contributed by atoms with Gasteiger partial charge in [0.15, 0.2) is 0 Å². The number of aromatic nitrogens is 1. The highest BCUT2D eigenvalue weighted by Gasteiger charge is 2.22. The average molecular weight is 325 g/mol. The number of fused-ring (bicyclic) bond motifs is 6. The maximum atomic E-state index is 6.16. The van der Waals surface area contributed by atoms with Crippen molar-refractivity contribution in [2.75, 3.05) is 0 Å². The van der Waals surface area contributed by atoms with Crippen molar-refractivity contribution < 1.29 is 4.74 Å². The van der Waals surface area contributed by atoms with E-state index in [0.717, 1.165) is 17.1 Å². The number of hydrogen-bond acceptors (Lipinski definition) is 3. The SMILES string of the molecule is c1ccc2c(c1)Oc1cccc3c1c-2cc1c2ccncc2sc31. The summed E-state index contributed by atoms with van der Waals surface area (Å²) in [7, 11) is 0. The van der Waals surface area contributed by atoms with Gasteiger partial charge >= 0.3 is 0 Å². The van der Waals surface area contributed by atoms with Gasteiger partial charge in [0.1, 0.15) is 11.5 Å². The standard InChI is InChI=1S/C21H11NOS/c1-2-6-17-12(4-1)15-10-16-13-8-9-22-11-19(13)24-21(16)14-5-3-7-18(23-17)20(14)15/h1-11H. The van der Waals surface area contributed by atoms with Gasteiger partial charge in [-0.3, -0.25) is 4.98 Å². The molecule has 1 aliphatic rings. The van der Waals surface area contributed by atoms with Gasteiger partial charge in [-0.05, 0) is 29.8 Å². The van der Waals surface area contributed by atoms with E-state index in [1.54, 1.807) is 11.3 Å². The minimum Gasteiger partial charge on any atom is -0.456 e. The zero-order valence-corrected chi connectivity index (χ0v) is 13.4. The third-order valence-corrected chi connectivity index (χ3v) is 5.95. The van der Waals surface area contributed by atoms with Crippen LogP contribution in [-0.4, -0.2) is 4.98 Å². The lowest BCUT2D eigenvalue weighted by Gasteiger charge is -2.21. The largest absolute Gasteiger partial charge is 0.456 e. The van der Waals surface area contributed by atoms with E-state index in [-0.39, 0.29) is 0 Å². The van der Waals surface area contributed by atoms with Crippen molar-refractivity contribution in [3.05, 3.63) is 67.0 Å². The fraction of sp³-hybridized carbons (Fsp3) is 0. The second kappa shape index (κ2) is 4.34. The van der Waals surface area contributed by atoms with Crippen molar-refractivity contribution in [2.45, 2.75) is 0 Å². The number of para-hydroxylation sites is 1. The molecule has 0 fully saturated rings. The van der Waals surface area contributed by atoms with Crippen LogP contribution < -0.4 is 4.74 Å². The van der Waals surface area contributed by atoms with E-state index < -0.39 is 0 Å². The number of nitrogens with zero attached hydrogens (tertiary/aromatic N) is 1. The summed E-state index contributed by atoms with van der Waals surface area (Å²) in [6.07, 6.45) is 3.83. The highest BCUT2D eigenvalue weighted by Crippen LogP contribution is 2.50. The molecule has 0 atom stereocenters. The fourth-order valence-corrected chi connectivity index (χ4v) is 4.90. The summed E-state index contributed by atoms with van der Waals surface area (Å²) in [5.74, 6) is 1.87. The molecule has 24 heavy (non-hydrogen) atoms. The lowest BCUT2D eigenvalue weighted by molar-refractivity contribution is 0.487. The molecule has 2 aromatic heterocycles. The molecule has 0 saturated carbocycles. The number of ether oxygens (including phenoxy) is 1. The lowest BCUT2D eigenvalue weighted by Crippen LogP contribution is -1.96. The minimum absolute atomic E-state index is 0.929. The summed E-state index contributed by atoms with van der Waals surface area (Å²) in [5.41, 5.74) is 2.42. The van der Waals surface area contributed by atoms with Gasteiger partial charge in [-0.15, -0.1) is 11.3 Å². The van der Waals surface area contributed by atoms with Gasteiger partial charge in [0.25, 0.3) is 0 Å². The molecule has 0 bridgehead atoms. The number of thiophene rings is 1. The Morgan fingerprint density at radius 1 is 0.792 bits per heavy atom. The number of hydrogen-bond donors (Lipinski definition) is 0. The Kier molecular flexibility index (Phi) is 2.26. The van der Waals surface area contributed by atoms with Crippen LogP contribution >= 0.6 is 11.3 Å². The van der Waals surface area contributed by atoms with Crippen LogP contribution in [0.3, 0.4) is 0 Å². The van der Waals surface area contributed by atoms with Crippen molar-refractivity contribution in [3.63, 3.8) is 0 Å². The fourth-order valence-electron chi connectivity index (χ4n) is 3.72. The number of pyridine rings is 1. The van der Waals surface area contributed by atoms with Crippen molar-refractivity contribution in [1.29, 1.82) is 0 Å². The maximum Gasteiger partial charge on any atom is 0.135 e. The molecular weight excluding hydrogens is 314 g/mol. The Morgan fingerprint density at radius 2 is 1.71 bits per heavy atom. The Balaban J connectivity index is 1.91. The van der Waals surface area contributed by atoms with Gasteiger partial charge in [0, 0.05) is 44.2 Å². The molecule has 0 spiro atoms. The van der Waals surface area contributed by atoms with Crippen LogP contribution in [0.25, 0.3) is 42.1 Å². The third-order valence-electron chi connectivity index (χ3n) is 4.76. The molecule has 3 aromatic carbocycles. The second-order valence-electron chi connectivity index (χ2n) is 6.05. The molecule has 3 heterocycles. The van der Waals surface area contributed by atoms with Crippen molar-refractivity contribution >= 4 is 42.3 Å². The van der Waals surface area contributed by atoms with Crippen LogP contribution in [0.5, 0.6) is 11.5 Å². The number of rotatable bonds is 0. The molecule has 5 aromatic rings. The highest BCUT2D eigenvalue weighted by atomic mass is 32.1. The summed E-state index contributed by atoms with van der Waals surface area (Å²) < 4.78 is 8.70. The van der Waals surface area contributed by atoms with Gasteiger partial charge in [-0.2, -0.15) is 0 Å². The molecule has 6 rings (SSSR count). The predicted octanol–water partition coefficient (Wildman–Crippen LogP) is 6.38. The first-order chi connectivity index (χ1) is 11.9. The molecule has 0 amide bonds. The predicted molar refractivity (Wildman–Crippen MR) is 100 cm³/mol. The summed E-state index contributed by atoms with van der Waals surface area (Å²) in [6, 6.07) is 19.0. The Hall–Kier alpha value is -2.91. The van der Waals surface area contributed by atoms with Crippen LogP contribution in [0, 0.1) is 0 Å². The maximum absolute atomic E-state index is 6.16. The molecular formula is C21H11NOS. The molecule has 1 aliphatic heterocycles. The zero-order valence-electron chi connectivity index (χ0n) is 12.6. The third kappa shape index (κ3) is 1.47. The van der Waals surface area contributed by atoms with Crippen molar-refractivity contribution in [3.8, 4) is 22.6 Å². The molecule has 2 nitrogen and oxygen atoms in total. The first-order valence-corrected chi connectivity index (χ1v) is 8.71. The Bertz CT molecular complexity index is 1290. The Labute approximate surface area is 142 Å². The molecule has 0 saturated heterocycles. The molecule has 0 N–H and O–H groups in total. The summed E-state index contributed by atoms with van der Waals surface area (Å²) >= 11 is 1.81. The van der Waals surface area contributed by atoms with Crippen LogP contribution in [0.2, 0.25) is 0 Å². The quantitative estimate of drug-likeness (QED) is 0.323. The van der Waals surface area contributed by atoms with Gasteiger partial charge in [0.2, 0.25) is 0 Å². The van der Waals surface area contributed by atoms with Crippen LogP contribution in [-0.2, 0) is 0 Å². The molecule has 112 valence electrons. The van der Waals surface area contributed by atoms with E-state index in [2.05, 4.69) is 47.4 Å². The smallest absolute Gasteiger partial charge is 0.135 e. The summed E-state index contributed by atoms with van der Waals surface area (Å²) in [6.45, 7) is 0. The van der Waals surface area contributed by atoms with E-state index in [4.69, 9.17) is 4.74 Å². The topological polar surface area (TPSA) is 22.1 Å². The average Bonchev–Trinajstić information content (AvgIpc) is 3.01. The van der Waals surface area contributed by atoms with E-state index >= 15 is 0 Å². The lowest BCUT2D eigenvalue weighted by atomic mass is 9.93. The van der Waals surface area contributed by atoms with Crippen molar-refractivity contribution in [1.82, 2.24) is 4.98 Å². The van der Waals surface area contributed by atoms with Crippen LogP contribution in [0.15, 0.2) is 67.0 Å². The first-order valence-electron chi connectivity index (χ1n) is 7.89. The van der Waals surface area contributed by atoms with Gasteiger partial charge in [-0.25, -0.2) is 0 Å². The Morgan fingerprint density at radius 3 is 2.71 bits per heavy atom. The van der Waals surface area contributed by atoms with E-state index in [1.807, 2.05) is 24.5 Å². The van der Waals surface area contributed by atoms with Crippen molar-refractivity contribution in [2.24, 2.45) is 0 Å². The first kappa shape index (κ1) is 12.5. The number of benzene rings is 3. The van der Waals surface area contributed by atoms with Gasteiger partial charge in [-0.1, -0.05) is 30.3 Å². The van der Waals surface area contributed by atoms with Crippen LogP contribution in [0.1, 0.15) is 0 Å². The molecule has 0 unspecified atom stereocenters. The second-order valence-corrected chi connectivity index (χ2v) is 7.10. The van der Waals surface area contributed by atoms with Crippen LogP contribution in [0.4, 0.5) is 0 Å². The molecule has 3 heteroatoms. The van der Waals surface area contributed by atoms with Gasteiger partial charge < -0.3 is 4.74 Å².